The molecule has 3 rings (SSSR count). The average molecular weight is 342 g/mol. The van der Waals surface area contributed by atoms with Gasteiger partial charge in [0.25, 0.3) is 0 Å². The lowest BCUT2D eigenvalue weighted by atomic mass is 9.99. The molecule has 4 nitrogen and oxygen atoms in total. The minimum Gasteiger partial charge on any atom is -0.336 e. The molecule has 2 aliphatic rings. The summed E-state index contributed by atoms with van der Waals surface area (Å²) >= 11 is 12.3. The van der Waals surface area contributed by atoms with E-state index in [1.165, 1.54) is 0 Å². The van der Waals surface area contributed by atoms with Crippen molar-refractivity contribution in [2.75, 3.05) is 26.2 Å². The number of rotatable bonds is 3. The van der Waals surface area contributed by atoms with Gasteiger partial charge in [-0.2, -0.15) is 0 Å². The molecule has 120 valence electrons. The maximum Gasteiger partial charge on any atom is 0.317 e. The van der Waals surface area contributed by atoms with Crippen molar-refractivity contribution in [3.8, 4) is 0 Å². The quantitative estimate of drug-likeness (QED) is 0.912. The van der Waals surface area contributed by atoms with Gasteiger partial charge in [0.2, 0.25) is 0 Å². The molecule has 1 N–H and O–H groups in total. The van der Waals surface area contributed by atoms with Crippen LogP contribution in [0.5, 0.6) is 0 Å². The van der Waals surface area contributed by atoms with E-state index in [0.717, 1.165) is 49.6 Å². The Labute approximate surface area is 141 Å². The molecule has 1 aromatic rings. The number of halogens is 2. The molecule has 2 heterocycles. The van der Waals surface area contributed by atoms with Crippen molar-refractivity contribution in [1.82, 2.24) is 15.1 Å². The molecular weight excluding hydrogens is 321 g/mol. The Morgan fingerprint density at radius 3 is 2.55 bits per heavy atom. The highest BCUT2D eigenvalue weighted by Crippen LogP contribution is 2.32. The lowest BCUT2D eigenvalue weighted by molar-refractivity contribution is 0.112. The van der Waals surface area contributed by atoms with Gasteiger partial charge in [0.1, 0.15) is 0 Å². The van der Waals surface area contributed by atoms with Crippen LogP contribution >= 0.6 is 23.2 Å². The summed E-state index contributed by atoms with van der Waals surface area (Å²) in [5, 5.41) is 4.27. The van der Waals surface area contributed by atoms with Crippen molar-refractivity contribution in [3.63, 3.8) is 0 Å². The number of nitrogens with zero attached hydrogens (tertiary/aromatic N) is 2. The van der Waals surface area contributed by atoms with Gasteiger partial charge in [-0.05, 0) is 37.5 Å². The lowest BCUT2D eigenvalue weighted by Crippen LogP contribution is -2.46. The molecule has 2 fully saturated rings. The Hall–Kier alpha value is -0.970. The number of benzene rings is 1. The Balaban J connectivity index is 1.62. The van der Waals surface area contributed by atoms with E-state index >= 15 is 0 Å². The first-order chi connectivity index (χ1) is 10.6. The van der Waals surface area contributed by atoms with Gasteiger partial charge in [-0.3, -0.25) is 4.90 Å². The normalized spacial score (nSPS) is 22.0. The molecule has 6 heteroatoms. The SMILES string of the molecule is CC(c1ccc(Cl)cc1Cl)N1CCC(N2CCNC2=O)CC1. The number of hydrogen-bond donors (Lipinski definition) is 1. The maximum atomic E-state index is 11.8. The molecule has 0 spiro atoms. The molecule has 2 saturated heterocycles. The van der Waals surface area contributed by atoms with E-state index in [0.29, 0.717) is 11.1 Å². The van der Waals surface area contributed by atoms with Crippen LogP contribution in [-0.2, 0) is 0 Å². The number of likely N-dealkylation sites (tertiary alicyclic amines) is 1. The minimum atomic E-state index is 0.0900. The molecule has 1 atom stereocenters. The summed E-state index contributed by atoms with van der Waals surface area (Å²) < 4.78 is 0. The minimum absolute atomic E-state index is 0.0900. The summed E-state index contributed by atoms with van der Waals surface area (Å²) in [6, 6.07) is 6.42. The molecule has 0 radical (unpaired) electrons. The van der Waals surface area contributed by atoms with E-state index in [1.54, 1.807) is 6.07 Å². The second-order valence-electron chi connectivity index (χ2n) is 6.03. The fourth-order valence-corrected chi connectivity index (χ4v) is 4.02. The summed E-state index contributed by atoms with van der Waals surface area (Å²) in [6.45, 7) is 5.75. The summed E-state index contributed by atoms with van der Waals surface area (Å²) in [7, 11) is 0. The molecule has 22 heavy (non-hydrogen) atoms. The van der Waals surface area contributed by atoms with Gasteiger partial charge < -0.3 is 10.2 Å². The number of piperidine rings is 1. The van der Waals surface area contributed by atoms with E-state index in [1.807, 2.05) is 17.0 Å². The smallest absolute Gasteiger partial charge is 0.317 e. The highest BCUT2D eigenvalue weighted by Gasteiger charge is 2.32. The third-order valence-electron chi connectivity index (χ3n) is 4.79. The average Bonchev–Trinajstić information content (AvgIpc) is 2.93. The fraction of sp³-hybridized carbons (Fsp3) is 0.562. The summed E-state index contributed by atoms with van der Waals surface area (Å²) in [6.07, 6.45) is 2.03. The molecule has 0 saturated carbocycles. The van der Waals surface area contributed by atoms with E-state index < -0.39 is 0 Å². The highest BCUT2D eigenvalue weighted by molar-refractivity contribution is 6.35. The van der Waals surface area contributed by atoms with E-state index in [4.69, 9.17) is 23.2 Å². The lowest BCUT2D eigenvalue weighted by Gasteiger charge is -2.39. The first-order valence-corrected chi connectivity index (χ1v) is 8.55. The first kappa shape index (κ1) is 15.9. The number of amides is 2. The number of hydrogen-bond acceptors (Lipinski definition) is 2. The van der Waals surface area contributed by atoms with E-state index in [-0.39, 0.29) is 12.1 Å². The topological polar surface area (TPSA) is 35.6 Å². The maximum absolute atomic E-state index is 11.8. The van der Waals surface area contributed by atoms with Gasteiger partial charge in [-0.25, -0.2) is 4.79 Å². The number of carbonyl (C=O) groups is 1. The predicted octanol–water partition coefficient (Wildman–Crippen LogP) is 3.54. The van der Waals surface area contributed by atoms with Crippen molar-refractivity contribution < 1.29 is 4.79 Å². The van der Waals surface area contributed by atoms with Gasteiger partial charge >= 0.3 is 6.03 Å². The van der Waals surface area contributed by atoms with E-state index in [9.17, 15) is 4.79 Å². The van der Waals surface area contributed by atoms with Crippen molar-refractivity contribution >= 4 is 29.2 Å². The first-order valence-electron chi connectivity index (χ1n) is 7.79. The Morgan fingerprint density at radius 2 is 1.95 bits per heavy atom. The Bertz CT molecular complexity index is 558. The fourth-order valence-electron chi connectivity index (χ4n) is 3.46. The van der Waals surface area contributed by atoms with Crippen LogP contribution in [0.1, 0.15) is 31.4 Å². The number of carbonyl (C=O) groups excluding carboxylic acids is 1. The second-order valence-corrected chi connectivity index (χ2v) is 6.88. The van der Waals surface area contributed by atoms with Crippen LogP contribution < -0.4 is 5.32 Å². The van der Waals surface area contributed by atoms with Gasteiger partial charge in [0.05, 0.1) is 0 Å². The van der Waals surface area contributed by atoms with Crippen molar-refractivity contribution in [3.05, 3.63) is 33.8 Å². The molecule has 0 aliphatic carbocycles. The van der Waals surface area contributed by atoms with Gasteiger partial charge in [-0.1, -0.05) is 29.3 Å². The van der Waals surface area contributed by atoms with Crippen LogP contribution in [0, 0.1) is 0 Å². The van der Waals surface area contributed by atoms with Crippen molar-refractivity contribution in [2.45, 2.75) is 31.8 Å². The van der Waals surface area contributed by atoms with Gasteiger partial charge in [0, 0.05) is 48.3 Å². The van der Waals surface area contributed by atoms with Crippen LogP contribution in [0.25, 0.3) is 0 Å². The monoisotopic (exact) mass is 341 g/mol. The summed E-state index contributed by atoms with van der Waals surface area (Å²) in [5.41, 5.74) is 1.11. The Kier molecular flexibility index (Phi) is 4.81. The number of urea groups is 1. The van der Waals surface area contributed by atoms with Crippen LogP contribution in [0.2, 0.25) is 10.0 Å². The summed E-state index contributed by atoms with van der Waals surface area (Å²) in [4.78, 5) is 16.2. The molecule has 1 aromatic carbocycles. The largest absolute Gasteiger partial charge is 0.336 e. The third-order valence-corrected chi connectivity index (χ3v) is 5.35. The van der Waals surface area contributed by atoms with E-state index in [2.05, 4.69) is 17.1 Å². The molecule has 0 aromatic heterocycles. The molecular formula is C16H21Cl2N3O. The highest BCUT2D eigenvalue weighted by atomic mass is 35.5. The predicted molar refractivity (Wildman–Crippen MR) is 89.6 cm³/mol. The number of nitrogens with one attached hydrogen (secondary N) is 1. The van der Waals surface area contributed by atoms with Crippen LogP contribution in [0.3, 0.4) is 0 Å². The van der Waals surface area contributed by atoms with Crippen LogP contribution in [0.4, 0.5) is 4.79 Å². The zero-order valence-electron chi connectivity index (χ0n) is 12.7. The van der Waals surface area contributed by atoms with Crippen LogP contribution in [-0.4, -0.2) is 48.1 Å². The van der Waals surface area contributed by atoms with Gasteiger partial charge in [-0.15, -0.1) is 0 Å². The van der Waals surface area contributed by atoms with Crippen molar-refractivity contribution in [2.24, 2.45) is 0 Å². The van der Waals surface area contributed by atoms with Crippen LogP contribution in [0.15, 0.2) is 18.2 Å². The standard InChI is InChI=1S/C16H21Cl2N3O/c1-11(14-3-2-12(17)10-15(14)18)20-7-4-13(5-8-20)21-9-6-19-16(21)22/h2-3,10-11,13H,4-9H2,1H3,(H,19,22). The molecule has 0 bridgehead atoms. The molecule has 1 unspecified atom stereocenters. The molecule has 2 aliphatic heterocycles. The Morgan fingerprint density at radius 1 is 1.23 bits per heavy atom. The molecule has 2 amide bonds. The summed E-state index contributed by atoms with van der Waals surface area (Å²) in [5.74, 6) is 0. The zero-order valence-corrected chi connectivity index (χ0v) is 14.2. The van der Waals surface area contributed by atoms with Gasteiger partial charge in [0.15, 0.2) is 0 Å². The van der Waals surface area contributed by atoms with Crippen molar-refractivity contribution in [1.29, 1.82) is 0 Å². The zero-order chi connectivity index (χ0) is 15.7. The second kappa shape index (κ2) is 6.65. The third kappa shape index (κ3) is 3.19.